The molecule has 0 saturated heterocycles. The van der Waals surface area contributed by atoms with Crippen LogP contribution in [0.15, 0.2) is 22.7 Å². The first-order valence-electron chi connectivity index (χ1n) is 5.22. The maximum absolute atomic E-state index is 5.93. The second-order valence-corrected chi connectivity index (χ2v) is 5.11. The zero-order chi connectivity index (χ0) is 11.4. The van der Waals surface area contributed by atoms with Crippen LogP contribution >= 0.6 is 27.5 Å². The Morgan fingerprint density at radius 1 is 1.47 bits per heavy atom. The van der Waals surface area contributed by atoms with E-state index in [9.17, 15) is 0 Å². The number of benzene rings is 1. The van der Waals surface area contributed by atoms with Gasteiger partial charge in [-0.05, 0) is 30.7 Å². The minimum absolute atomic E-state index is 0.377. The van der Waals surface area contributed by atoms with E-state index in [2.05, 4.69) is 41.2 Å². The van der Waals surface area contributed by atoms with E-state index in [-0.39, 0.29) is 0 Å². The van der Waals surface area contributed by atoms with Crippen molar-refractivity contribution in [2.45, 2.75) is 26.3 Å². The van der Waals surface area contributed by atoms with Gasteiger partial charge < -0.3 is 5.32 Å². The third-order valence-corrected chi connectivity index (χ3v) is 3.74. The summed E-state index contributed by atoms with van der Waals surface area (Å²) in [5.74, 6) is 0.604. The number of hydrogen-bond acceptors (Lipinski definition) is 1. The third kappa shape index (κ3) is 3.20. The molecule has 0 amide bonds. The molecular weight excluding hydrogens is 273 g/mol. The molecule has 2 unspecified atom stereocenters. The fourth-order valence-electron chi connectivity index (χ4n) is 1.74. The van der Waals surface area contributed by atoms with Crippen molar-refractivity contribution in [3.8, 4) is 0 Å². The maximum atomic E-state index is 5.93. The first kappa shape index (κ1) is 13.0. The van der Waals surface area contributed by atoms with Crippen molar-refractivity contribution in [3.63, 3.8) is 0 Å². The van der Waals surface area contributed by atoms with E-state index in [1.54, 1.807) is 0 Å². The lowest BCUT2D eigenvalue weighted by Crippen LogP contribution is -2.23. The third-order valence-electron chi connectivity index (χ3n) is 2.82. The van der Waals surface area contributed by atoms with Crippen LogP contribution in [0.25, 0.3) is 0 Å². The molecule has 3 heteroatoms. The Hall–Kier alpha value is -0.0500. The summed E-state index contributed by atoms with van der Waals surface area (Å²) < 4.78 is 1.08. The van der Waals surface area contributed by atoms with Crippen molar-refractivity contribution in [2.24, 2.45) is 5.92 Å². The van der Waals surface area contributed by atoms with Gasteiger partial charge in [-0.25, -0.2) is 0 Å². The summed E-state index contributed by atoms with van der Waals surface area (Å²) in [7, 11) is 2.00. The molecule has 0 spiro atoms. The van der Waals surface area contributed by atoms with Gasteiger partial charge in [-0.3, -0.25) is 0 Å². The molecular formula is C12H17BrClN. The second kappa shape index (κ2) is 5.88. The molecule has 0 aliphatic heterocycles. The number of hydrogen-bond donors (Lipinski definition) is 1. The normalized spacial score (nSPS) is 15.0. The first-order chi connectivity index (χ1) is 7.10. The van der Waals surface area contributed by atoms with Crippen LogP contribution in [-0.2, 0) is 0 Å². The summed E-state index contributed by atoms with van der Waals surface area (Å²) >= 11 is 9.49. The maximum Gasteiger partial charge on any atom is 0.0417 e. The summed E-state index contributed by atoms with van der Waals surface area (Å²) in [6.07, 6.45) is 1.15. The molecule has 1 aromatic carbocycles. The molecule has 15 heavy (non-hydrogen) atoms. The Morgan fingerprint density at radius 3 is 2.60 bits per heavy atom. The number of halogens is 2. The van der Waals surface area contributed by atoms with E-state index in [1.807, 2.05) is 19.2 Å². The van der Waals surface area contributed by atoms with Crippen LogP contribution < -0.4 is 5.32 Å². The van der Waals surface area contributed by atoms with Crippen LogP contribution in [0.2, 0.25) is 5.02 Å². The molecule has 1 nitrogen and oxygen atoms in total. The Kier molecular flexibility index (Phi) is 5.10. The van der Waals surface area contributed by atoms with Crippen LogP contribution in [0, 0.1) is 5.92 Å². The van der Waals surface area contributed by atoms with Crippen LogP contribution in [0.3, 0.4) is 0 Å². The molecule has 0 aromatic heterocycles. The molecule has 1 aromatic rings. The highest BCUT2D eigenvalue weighted by Gasteiger charge is 2.18. The predicted octanol–water partition coefficient (Wildman–Crippen LogP) is 4.41. The largest absolute Gasteiger partial charge is 0.313 e. The van der Waals surface area contributed by atoms with Crippen molar-refractivity contribution in [1.29, 1.82) is 0 Å². The SMILES string of the molecule is CCC(C)C(NC)c1ccc(Cl)cc1Br. The van der Waals surface area contributed by atoms with Gasteiger partial charge in [-0.2, -0.15) is 0 Å². The van der Waals surface area contributed by atoms with Crippen LogP contribution in [0.4, 0.5) is 0 Å². The predicted molar refractivity (Wildman–Crippen MR) is 70.4 cm³/mol. The van der Waals surface area contributed by atoms with Crippen molar-refractivity contribution in [2.75, 3.05) is 7.05 Å². The van der Waals surface area contributed by atoms with E-state index < -0.39 is 0 Å². The second-order valence-electron chi connectivity index (χ2n) is 3.82. The first-order valence-corrected chi connectivity index (χ1v) is 6.39. The summed E-state index contributed by atoms with van der Waals surface area (Å²) in [6, 6.07) is 6.35. The Bertz CT molecular complexity index is 327. The molecule has 0 fully saturated rings. The Balaban J connectivity index is 3.01. The lowest BCUT2D eigenvalue weighted by Gasteiger charge is -2.24. The van der Waals surface area contributed by atoms with Gasteiger partial charge >= 0.3 is 0 Å². The molecule has 0 saturated carbocycles. The van der Waals surface area contributed by atoms with Crippen LogP contribution in [0.5, 0.6) is 0 Å². The summed E-state index contributed by atoms with van der Waals surface area (Å²) in [5.41, 5.74) is 1.27. The van der Waals surface area contributed by atoms with Gasteiger partial charge in [0.2, 0.25) is 0 Å². The molecule has 0 radical (unpaired) electrons. The van der Waals surface area contributed by atoms with Crippen molar-refractivity contribution >= 4 is 27.5 Å². The highest BCUT2D eigenvalue weighted by atomic mass is 79.9. The van der Waals surface area contributed by atoms with Gasteiger partial charge in [0.05, 0.1) is 0 Å². The van der Waals surface area contributed by atoms with E-state index >= 15 is 0 Å². The smallest absolute Gasteiger partial charge is 0.0417 e. The van der Waals surface area contributed by atoms with Gasteiger partial charge in [-0.1, -0.05) is 53.9 Å². The molecule has 84 valence electrons. The summed E-state index contributed by atoms with van der Waals surface area (Å²) in [6.45, 7) is 4.46. The number of rotatable bonds is 4. The van der Waals surface area contributed by atoms with Crippen LogP contribution in [-0.4, -0.2) is 7.05 Å². The van der Waals surface area contributed by atoms with E-state index in [4.69, 9.17) is 11.6 Å². The minimum Gasteiger partial charge on any atom is -0.313 e. The highest BCUT2D eigenvalue weighted by Crippen LogP contribution is 2.31. The average Bonchev–Trinajstić information content (AvgIpc) is 2.21. The zero-order valence-corrected chi connectivity index (χ0v) is 11.7. The average molecular weight is 291 g/mol. The fourth-order valence-corrected chi connectivity index (χ4v) is 2.67. The van der Waals surface area contributed by atoms with Crippen molar-refractivity contribution < 1.29 is 0 Å². The van der Waals surface area contributed by atoms with E-state index in [0.29, 0.717) is 12.0 Å². The molecule has 0 heterocycles. The van der Waals surface area contributed by atoms with Gasteiger partial charge in [0.25, 0.3) is 0 Å². The van der Waals surface area contributed by atoms with Gasteiger partial charge in [0, 0.05) is 15.5 Å². The Labute approximate surface area is 105 Å². The van der Waals surface area contributed by atoms with Crippen molar-refractivity contribution in [3.05, 3.63) is 33.3 Å². The van der Waals surface area contributed by atoms with Crippen LogP contribution in [0.1, 0.15) is 31.9 Å². The molecule has 1 rings (SSSR count). The quantitative estimate of drug-likeness (QED) is 0.866. The highest BCUT2D eigenvalue weighted by molar-refractivity contribution is 9.10. The Morgan fingerprint density at radius 2 is 2.13 bits per heavy atom. The summed E-state index contributed by atoms with van der Waals surface area (Å²) in [5, 5.41) is 4.12. The van der Waals surface area contributed by atoms with Gasteiger partial charge in [0.15, 0.2) is 0 Å². The minimum atomic E-state index is 0.377. The molecule has 2 atom stereocenters. The lowest BCUT2D eigenvalue weighted by atomic mass is 9.93. The topological polar surface area (TPSA) is 12.0 Å². The fraction of sp³-hybridized carbons (Fsp3) is 0.500. The number of nitrogens with one attached hydrogen (secondary N) is 1. The van der Waals surface area contributed by atoms with Crippen molar-refractivity contribution in [1.82, 2.24) is 5.32 Å². The molecule has 0 bridgehead atoms. The standard InChI is InChI=1S/C12H17BrClN/c1-4-8(2)12(15-3)10-6-5-9(14)7-11(10)13/h5-8,12,15H,4H2,1-3H3. The summed E-state index contributed by atoms with van der Waals surface area (Å²) in [4.78, 5) is 0. The molecule has 1 N–H and O–H groups in total. The lowest BCUT2D eigenvalue weighted by molar-refractivity contribution is 0.399. The van der Waals surface area contributed by atoms with E-state index in [1.165, 1.54) is 5.56 Å². The monoisotopic (exact) mass is 289 g/mol. The molecule has 0 aliphatic rings. The van der Waals surface area contributed by atoms with Gasteiger partial charge in [-0.15, -0.1) is 0 Å². The van der Waals surface area contributed by atoms with E-state index in [0.717, 1.165) is 15.9 Å². The molecule has 0 aliphatic carbocycles. The zero-order valence-electron chi connectivity index (χ0n) is 9.35. The van der Waals surface area contributed by atoms with Gasteiger partial charge in [0.1, 0.15) is 0 Å².